The molecule has 1 aromatic carbocycles. The fourth-order valence-electron chi connectivity index (χ4n) is 1.78. The van der Waals surface area contributed by atoms with Gasteiger partial charge in [0.2, 0.25) is 0 Å². The second kappa shape index (κ2) is 6.69. The largest absolute Gasteiger partial charge is 0.481 e. The normalized spacial score (nSPS) is 13.2. The van der Waals surface area contributed by atoms with Crippen LogP contribution in [0.2, 0.25) is 0 Å². The Hall–Kier alpha value is -1.16. The number of carboxylic acids is 1. The fraction of sp³-hybridized carbons (Fsp3) is 0.417. The highest BCUT2D eigenvalue weighted by Crippen LogP contribution is 2.38. The molecule has 100 valence electrons. The summed E-state index contributed by atoms with van der Waals surface area (Å²) in [5.41, 5.74) is 1.10. The lowest BCUT2D eigenvalue weighted by Gasteiger charge is -2.12. The number of hydrogen-bond acceptors (Lipinski definition) is 2. The lowest BCUT2D eigenvalue weighted by Crippen LogP contribution is -2.18. The zero-order valence-electron chi connectivity index (χ0n) is 9.90. The zero-order chi connectivity index (χ0) is 13.6. The van der Waals surface area contributed by atoms with E-state index in [4.69, 9.17) is 14.9 Å². The molecule has 1 atom stereocenters. The third-order valence-corrected chi connectivity index (χ3v) is 3.58. The van der Waals surface area contributed by atoms with E-state index in [0.29, 0.717) is 12.8 Å². The van der Waals surface area contributed by atoms with Crippen LogP contribution in [0.3, 0.4) is 0 Å². The van der Waals surface area contributed by atoms with Gasteiger partial charge in [-0.2, -0.15) is 0 Å². The van der Waals surface area contributed by atoms with Crippen molar-refractivity contribution in [2.24, 2.45) is 5.92 Å². The average molecular weight is 272 g/mol. The molecule has 0 aliphatic rings. The summed E-state index contributed by atoms with van der Waals surface area (Å²) in [6, 6.07) is 9.59. The molecule has 0 spiro atoms. The van der Waals surface area contributed by atoms with E-state index < -0.39 is 25.6 Å². The standard InChI is InChI=1S/C12H17O5P/c13-12(14)11(9-18(15,16)17)8-4-7-10-5-2-1-3-6-10/h1-3,5-6,11H,4,7-9H2,(H,13,14)(H2,15,16,17). The summed E-state index contributed by atoms with van der Waals surface area (Å²) in [6.07, 6.45) is 0.999. The molecule has 5 nitrogen and oxygen atoms in total. The van der Waals surface area contributed by atoms with Crippen LogP contribution < -0.4 is 0 Å². The van der Waals surface area contributed by atoms with Crippen LogP contribution in [-0.2, 0) is 15.8 Å². The second-order valence-electron chi connectivity index (χ2n) is 4.26. The topological polar surface area (TPSA) is 94.8 Å². The number of carbonyl (C=O) groups is 1. The first kappa shape index (κ1) is 14.9. The van der Waals surface area contributed by atoms with Gasteiger partial charge >= 0.3 is 13.6 Å². The molecular formula is C12H17O5P. The van der Waals surface area contributed by atoms with Gasteiger partial charge in [0, 0.05) is 0 Å². The molecule has 1 aromatic rings. The van der Waals surface area contributed by atoms with E-state index >= 15 is 0 Å². The minimum absolute atomic E-state index is 0.273. The number of rotatable bonds is 7. The summed E-state index contributed by atoms with van der Waals surface area (Å²) >= 11 is 0. The predicted molar refractivity (Wildman–Crippen MR) is 67.4 cm³/mol. The highest BCUT2D eigenvalue weighted by molar-refractivity contribution is 7.51. The van der Waals surface area contributed by atoms with Crippen molar-refractivity contribution in [2.75, 3.05) is 6.16 Å². The SMILES string of the molecule is O=C(O)C(CCCc1ccccc1)CP(=O)(O)O. The molecule has 0 aromatic heterocycles. The minimum Gasteiger partial charge on any atom is -0.481 e. The first-order valence-electron chi connectivity index (χ1n) is 5.70. The lowest BCUT2D eigenvalue weighted by molar-refractivity contribution is -0.141. The Kier molecular flexibility index (Phi) is 5.54. The lowest BCUT2D eigenvalue weighted by atomic mass is 10.0. The van der Waals surface area contributed by atoms with E-state index in [1.807, 2.05) is 30.3 Å². The number of benzene rings is 1. The maximum Gasteiger partial charge on any atom is 0.326 e. The summed E-state index contributed by atoms with van der Waals surface area (Å²) < 4.78 is 10.8. The Morgan fingerprint density at radius 3 is 2.33 bits per heavy atom. The van der Waals surface area contributed by atoms with E-state index in [-0.39, 0.29) is 6.42 Å². The van der Waals surface area contributed by atoms with Gasteiger partial charge < -0.3 is 14.9 Å². The van der Waals surface area contributed by atoms with E-state index in [9.17, 15) is 9.36 Å². The van der Waals surface area contributed by atoms with Crippen LogP contribution in [-0.4, -0.2) is 27.0 Å². The first-order chi connectivity index (χ1) is 8.38. The quantitative estimate of drug-likeness (QED) is 0.659. The molecular weight excluding hydrogens is 255 g/mol. The highest BCUT2D eigenvalue weighted by atomic mass is 31.2. The van der Waals surface area contributed by atoms with Crippen LogP contribution in [0, 0.1) is 5.92 Å². The molecule has 0 aliphatic heterocycles. The van der Waals surface area contributed by atoms with Crippen LogP contribution >= 0.6 is 7.60 Å². The minimum atomic E-state index is -4.27. The first-order valence-corrected chi connectivity index (χ1v) is 7.49. The Bertz CT molecular complexity index is 425. The van der Waals surface area contributed by atoms with Crippen molar-refractivity contribution in [3.63, 3.8) is 0 Å². The molecule has 0 saturated carbocycles. The number of aliphatic carboxylic acids is 1. The second-order valence-corrected chi connectivity index (χ2v) is 5.95. The van der Waals surface area contributed by atoms with E-state index in [0.717, 1.165) is 5.56 Å². The Balaban J connectivity index is 2.44. The van der Waals surface area contributed by atoms with Crippen molar-refractivity contribution in [1.82, 2.24) is 0 Å². The third-order valence-electron chi connectivity index (χ3n) is 2.67. The Labute approximate surface area is 106 Å². The summed E-state index contributed by atoms with van der Waals surface area (Å²) in [4.78, 5) is 28.5. The third kappa shape index (κ3) is 5.96. The zero-order valence-corrected chi connectivity index (χ0v) is 10.8. The summed E-state index contributed by atoms with van der Waals surface area (Å²) in [5, 5.41) is 8.89. The molecule has 0 aliphatic carbocycles. The number of carboxylic acid groups (broad SMARTS) is 1. The van der Waals surface area contributed by atoms with Gasteiger partial charge in [-0.1, -0.05) is 30.3 Å². The predicted octanol–water partition coefficient (Wildman–Crippen LogP) is 1.89. The van der Waals surface area contributed by atoms with Gasteiger partial charge in [0.15, 0.2) is 0 Å². The van der Waals surface area contributed by atoms with Gasteiger partial charge in [0.05, 0.1) is 12.1 Å². The van der Waals surface area contributed by atoms with Crippen LogP contribution in [0.15, 0.2) is 30.3 Å². The molecule has 6 heteroatoms. The van der Waals surface area contributed by atoms with Crippen LogP contribution in [0.4, 0.5) is 0 Å². The smallest absolute Gasteiger partial charge is 0.326 e. The van der Waals surface area contributed by atoms with Crippen molar-refractivity contribution in [3.05, 3.63) is 35.9 Å². The van der Waals surface area contributed by atoms with Gasteiger partial charge in [0.25, 0.3) is 0 Å². The summed E-state index contributed by atoms with van der Waals surface area (Å²) in [6.45, 7) is 0. The summed E-state index contributed by atoms with van der Waals surface area (Å²) in [5.74, 6) is -2.12. The van der Waals surface area contributed by atoms with Gasteiger partial charge in [-0.05, 0) is 24.8 Å². The molecule has 0 saturated heterocycles. The van der Waals surface area contributed by atoms with Crippen LogP contribution in [0.5, 0.6) is 0 Å². The van der Waals surface area contributed by atoms with Crippen molar-refractivity contribution >= 4 is 13.6 Å². The van der Waals surface area contributed by atoms with Gasteiger partial charge in [-0.15, -0.1) is 0 Å². The van der Waals surface area contributed by atoms with Crippen LogP contribution in [0.1, 0.15) is 18.4 Å². The molecule has 0 fully saturated rings. The van der Waals surface area contributed by atoms with E-state index in [1.165, 1.54) is 0 Å². The Morgan fingerprint density at radius 2 is 1.83 bits per heavy atom. The van der Waals surface area contributed by atoms with E-state index in [2.05, 4.69) is 0 Å². The Morgan fingerprint density at radius 1 is 1.22 bits per heavy atom. The molecule has 3 N–H and O–H groups in total. The molecule has 0 heterocycles. The van der Waals surface area contributed by atoms with Crippen LogP contribution in [0.25, 0.3) is 0 Å². The van der Waals surface area contributed by atoms with Gasteiger partial charge in [-0.3, -0.25) is 9.36 Å². The number of hydrogen-bond donors (Lipinski definition) is 3. The molecule has 0 radical (unpaired) electrons. The molecule has 0 amide bonds. The highest BCUT2D eigenvalue weighted by Gasteiger charge is 2.26. The fourth-order valence-corrected chi connectivity index (χ4v) is 2.69. The molecule has 1 unspecified atom stereocenters. The van der Waals surface area contributed by atoms with Gasteiger partial charge in [-0.25, -0.2) is 0 Å². The van der Waals surface area contributed by atoms with Crippen molar-refractivity contribution < 1.29 is 24.3 Å². The molecule has 18 heavy (non-hydrogen) atoms. The monoisotopic (exact) mass is 272 g/mol. The molecule has 0 bridgehead atoms. The van der Waals surface area contributed by atoms with E-state index in [1.54, 1.807) is 0 Å². The molecule has 1 rings (SSSR count). The maximum atomic E-state index is 10.9. The van der Waals surface area contributed by atoms with Crippen molar-refractivity contribution in [1.29, 1.82) is 0 Å². The van der Waals surface area contributed by atoms with Gasteiger partial charge in [0.1, 0.15) is 0 Å². The van der Waals surface area contributed by atoms with Crippen molar-refractivity contribution in [3.8, 4) is 0 Å². The number of aryl methyl sites for hydroxylation is 1. The maximum absolute atomic E-state index is 10.9. The average Bonchev–Trinajstić information content (AvgIpc) is 2.27. The summed E-state index contributed by atoms with van der Waals surface area (Å²) in [7, 11) is -4.27. The van der Waals surface area contributed by atoms with Crippen molar-refractivity contribution in [2.45, 2.75) is 19.3 Å².